The van der Waals surface area contributed by atoms with Crippen LogP contribution in [0.1, 0.15) is 17.8 Å². The minimum Gasteiger partial charge on any atom is -0.421 e. The normalized spacial score (nSPS) is 19.4. The highest BCUT2D eigenvalue weighted by Crippen LogP contribution is 2.41. The Kier molecular flexibility index (Phi) is 6.01. The number of piperidine rings is 1. The molecule has 4 aromatic rings. The number of fused-ring (bicyclic) bond motifs is 4. The summed E-state index contributed by atoms with van der Waals surface area (Å²) in [5, 5.41) is 7.88. The third-order valence-corrected chi connectivity index (χ3v) is 6.41. The van der Waals surface area contributed by atoms with Gasteiger partial charge in [-0.1, -0.05) is 0 Å². The first-order valence-corrected chi connectivity index (χ1v) is 11.5. The fourth-order valence-electron chi connectivity index (χ4n) is 4.78. The summed E-state index contributed by atoms with van der Waals surface area (Å²) in [6.45, 7) is 6.51. The van der Waals surface area contributed by atoms with E-state index in [4.69, 9.17) is 9.72 Å². The number of anilines is 1. The molecule has 178 valence electrons. The van der Waals surface area contributed by atoms with Gasteiger partial charge >= 0.3 is 6.01 Å². The van der Waals surface area contributed by atoms with Gasteiger partial charge in [0, 0.05) is 36.0 Å². The van der Waals surface area contributed by atoms with Crippen LogP contribution >= 0.6 is 0 Å². The topological polar surface area (TPSA) is 104 Å². The molecule has 0 saturated carbocycles. The van der Waals surface area contributed by atoms with Gasteiger partial charge in [-0.25, -0.2) is 14.4 Å². The van der Waals surface area contributed by atoms with Crippen molar-refractivity contribution in [3.63, 3.8) is 0 Å². The predicted molar refractivity (Wildman–Crippen MR) is 130 cm³/mol. The molecule has 2 unspecified atom stereocenters. The van der Waals surface area contributed by atoms with E-state index in [9.17, 15) is 4.39 Å². The van der Waals surface area contributed by atoms with Crippen LogP contribution in [0.25, 0.3) is 21.9 Å². The van der Waals surface area contributed by atoms with Gasteiger partial charge in [-0.05, 0) is 58.6 Å². The van der Waals surface area contributed by atoms with E-state index in [1.54, 1.807) is 25.4 Å². The van der Waals surface area contributed by atoms with E-state index >= 15 is 0 Å². The molecule has 6 rings (SSSR count). The number of hydrogen-bond donors (Lipinski definition) is 3. The molecule has 0 radical (unpaired) electrons. The van der Waals surface area contributed by atoms with Crippen molar-refractivity contribution in [1.29, 1.82) is 0 Å². The van der Waals surface area contributed by atoms with E-state index in [1.165, 1.54) is 6.07 Å². The van der Waals surface area contributed by atoms with Crippen molar-refractivity contribution in [2.75, 3.05) is 38.6 Å². The minimum absolute atomic E-state index is 0.219. The lowest BCUT2D eigenvalue weighted by atomic mass is 9.83. The molecule has 0 aliphatic carbocycles. The summed E-state index contributed by atoms with van der Waals surface area (Å²) in [5.74, 6) is 2.28. The van der Waals surface area contributed by atoms with Gasteiger partial charge in [0.25, 0.3) is 0 Å². The summed E-state index contributed by atoms with van der Waals surface area (Å²) in [6, 6.07) is 3.86. The summed E-state index contributed by atoms with van der Waals surface area (Å²) in [6.07, 6.45) is 4.26. The van der Waals surface area contributed by atoms with E-state index in [-0.39, 0.29) is 11.8 Å². The fourth-order valence-corrected chi connectivity index (χ4v) is 4.78. The van der Waals surface area contributed by atoms with Crippen molar-refractivity contribution in [2.24, 2.45) is 5.92 Å². The molecule has 9 nitrogen and oxygen atoms in total. The zero-order valence-corrected chi connectivity index (χ0v) is 19.8. The Morgan fingerprint density at radius 1 is 1.12 bits per heavy atom. The van der Waals surface area contributed by atoms with Crippen LogP contribution in [0.4, 0.5) is 10.2 Å². The average molecular weight is 465 g/mol. The Hall–Kier alpha value is -3.37. The summed E-state index contributed by atoms with van der Waals surface area (Å²) >= 11 is 0. The van der Waals surface area contributed by atoms with Crippen molar-refractivity contribution in [3.8, 4) is 11.8 Å². The Morgan fingerprint density at radius 2 is 1.88 bits per heavy atom. The number of halogens is 1. The van der Waals surface area contributed by atoms with E-state index in [0.717, 1.165) is 48.2 Å². The molecular weight excluding hydrogens is 435 g/mol. The van der Waals surface area contributed by atoms with Crippen molar-refractivity contribution in [2.45, 2.75) is 26.3 Å². The highest BCUT2D eigenvalue weighted by molar-refractivity contribution is 6.13. The lowest BCUT2D eigenvalue weighted by molar-refractivity contribution is 0.229. The molecule has 2 saturated heterocycles. The van der Waals surface area contributed by atoms with Gasteiger partial charge in [0.15, 0.2) is 5.75 Å². The number of hydrogen-bond acceptors (Lipinski definition) is 8. The summed E-state index contributed by atoms with van der Waals surface area (Å²) in [7, 11) is 3.75. The second kappa shape index (κ2) is 9.11. The van der Waals surface area contributed by atoms with E-state index < -0.39 is 0 Å². The third kappa shape index (κ3) is 3.92. The van der Waals surface area contributed by atoms with Gasteiger partial charge in [-0.2, -0.15) is 9.97 Å². The quantitative estimate of drug-likeness (QED) is 0.425. The maximum absolute atomic E-state index is 14.4. The largest absolute Gasteiger partial charge is 0.421 e. The van der Waals surface area contributed by atoms with Crippen LogP contribution < -0.4 is 20.3 Å². The second-order valence-electron chi connectivity index (χ2n) is 8.81. The number of aromatic nitrogens is 5. The zero-order chi connectivity index (χ0) is 23.8. The number of rotatable bonds is 3. The van der Waals surface area contributed by atoms with Gasteiger partial charge < -0.3 is 25.3 Å². The average Bonchev–Trinajstić information content (AvgIpc) is 3.18. The number of nitrogens with one attached hydrogen (secondary N) is 3. The first kappa shape index (κ1) is 22.4. The van der Waals surface area contributed by atoms with Crippen LogP contribution in [0.15, 0.2) is 24.5 Å². The third-order valence-electron chi connectivity index (χ3n) is 6.41. The molecule has 0 spiro atoms. The molecule has 0 amide bonds. The molecule has 3 aromatic heterocycles. The van der Waals surface area contributed by atoms with Crippen LogP contribution in [0.3, 0.4) is 0 Å². The number of benzene rings is 1. The fraction of sp³-hybridized carbons (Fsp3) is 0.417. The van der Waals surface area contributed by atoms with E-state index in [1.807, 2.05) is 21.0 Å². The molecule has 34 heavy (non-hydrogen) atoms. The van der Waals surface area contributed by atoms with Crippen LogP contribution in [0.2, 0.25) is 0 Å². The highest BCUT2D eigenvalue weighted by Gasteiger charge is 2.42. The maximum Gasteiger partial charge on any atom is 0.326 e. The molecule has 5 heterocycles. The van der Waals surface area contributed by atoms with E-state index in [2.05, 4.69) is 35.5 Å². The Balaban J connectivity index is 0.000000764. The monoisotopic (exact) mass is 464 g/mol. The number of H-pyrrole nitrogens is 1. The van der Waals surface area contributed by atoms with Crippen molar-refractivity contribution in [3.05, 3.63) is 41.7 Å². The smallest absolute Gasteiger partial charge is 0.326 e. The van der Waals surface area contributed by atoms with Gasteiger partial charge in [0.1, 0.15) is 23.1 Å². The van der Waals surface area contributed by atoms with Crippen molar-refractivity contribution >= 4 is 27.8 Å². The van der Waals surface area contributed by atoms with Crippen molar-refractivity contribution in [1.82, 2.24) is 35.6 Å². The highest BCUT2D eigenvalue weighted by atomic mass is 19.1. The molecule has 3 N–H and O–H groups in total. The van der Waals surface area contributed by atoms with Gasteiger partial charge in [0.05, 0.1) is 17.8 Å². The standard InChI is InChI=1S/C22H22FN7O.C2H7N/c1-11-15(23)3-4-16-18(11)19-20(27-16)28-22(31-14-8-25-12(2)26-9-14)29-21(19)30-10-13-7-24-6-5-17(13)30;1-3-2/h3-4,8-9,13,17,24H,5-7,10H2,1-2H3,(H,27,28,29);3H,1-2H3. The molecule has 2 aliphatic heterocycles. The first-order valence-electron chi connectivity index (χ1n) is 11.5. The number of aromatic amines is 1. The Morgan fingerprint density at radius 3 is 2.62 bits per heavy atom. The summed E-state index contributed by atoms with van der Waals surface area (Å²) in [4.78, 5) is 23.4. The zero-order valence-electron chi connectivity index (χ0n) is 19.8. The Labute approximate surface area is 197 Å². The molecule has 2 fully saturated rings. The Bertz CT molecular complexity index is 1320. The summed E-state index contributed by atoms with van der Waals surface area (Å²) < 4.78 is 20.3. The first-order chi connectivity index (χ1) is 16.5. The van der Waals surface area contributed by atoms with E-state index in [0.29, 0.717) is 34.7 Å². The van der Waals surface area contributed by atoms with Gasteiger partial charge in [-0.3, -0.25) is 0 Å². The van der Waals surface area contributed by atoms with Gasteiger partial charge in [-0.15, -0.1) is 0 Å². The molecule has 1 aromatic carbocycles. The van der Waals surface area contributed by atoms with Crippen molar-refractivity contribution < 1.29 is 9.13 Å². The lowest BCUT2D eigenvalue weighted by Gasteiger charge is -2.51. The SMILES string of the molecule is CNC.Cc1ncc(Oc2nc(N3CC4CNCCC43)c3c(n2)[nH]c2ccc(F)c(C)c23)cn1. The molecule has 10 heteroatoms. The molecule has 2 atom stereocenters. The maximum atomic E-state index is 14.4. The van der Waals surface area contributed by atoms with Crippen LogP contribution in [0.5, 0.6) is 11.8 Å². The molecule has 2 aliphatic rings. The van der Waals surface area contributed by atoms with Crippen LogP contribution in [-0.2, 0) is 0 Å². The minimum atomic E-state index is -0.236. The van der Waals surface area contributed by atoms with Crippen LogP contribution in [-0.4, -0.2) is 64.7 Å². The molecular formula is C24H29FN8O. The van der Waals surface area contributed by atoms with Gasteiger partial charge in [0.2, 0.25) is 0 Å². The summed E-state index contributed by atoms with van der Waals surface area (Å²) in [5.41, 5.74) is 2.06. The lowest BCUT2D eigenvalue weighted by Crippen LogP contribution is -2.63. The number of nitrogens with zero attached hydrogens (tertiary/aromatic N) is 5. The predicted octanol–water partition coefficient (Wildman–Crippen LogP) is 3.08. The van der Waals surface area contributed by atoms with Crippen LogP contribution in [0, 0.1) is 25.6 Å². The number of ether oxygens (including phenoxy) is 1. The second-order valence-corrected chi connectivity index (χ2v) is 8.81. The number of aryl methyl sites for hydroxylation is 2. The molecule has 0 bridgehead atoms.